The van der Waals surface area contributed by atoms with Crippen LogP contribution in [0.4, 0.5) is 4.39 Å². The predicted octanol–water partition coefficient (Wildman–Crippen LogP) is 2.61. The fourth-order valence-corrected chi connectivity index (χ4v) is 1.37. The summed E-state index contributed by atoms with van der Waals surface area (Å²) in [4.78, 5) is 3.95. The molecule has 4 nitrogen and oxygen atoms in total. The van der Waals surface area contributed by atoms with E-state index in [1.54, 1.807) is 31.2 Å². The van der Waals surface area contributed by atoms with Crippen LogP contribution < -0.4 is 10.5 Å². The van der Waals surface area contributed by atoms with Gasteiger partial charge in [-0.25, -0.2) is 9.37 Å². The van der Waals surface area contributed by atoms with Gasteiger partial charge in [-0.2, -0.15) is 0 Å². The van der Waals surface area contributed by atoms with Gasteiger partial charge in [-0.3, -0.25) is 5.41 Å². The molecule has 0 bridgehead atoms. The van der Waals surface area contributed by atoms with Crippen LogP contribution >= 0.6 is 0 Å². The molecule has 0 spiro atoms. The second-order valence-corrected chi connectivity index (χ2v) is 3.81. The molecular weight excluding hydrogens is 233 g/mol. The number of halogens is 1. The summed E-state index contributed by atoms with van der Waals surface area (Å²) in [6.07, 6.45) is 1.44. The number of rotatable bonds is 3. The molecule has 3 N–H and O–H groups in total. The fourth-order valence-electron chi connectivity index (χ4n) is 1.37. The number of nitrogens with one attached hydrogen (secondary N) is 1. The Kier molecular flexibility index (Phi) is 3.23. The molecule has 2 rings (SSSR count). The molecule has 2 aromatic rings. The smallest absolute Gasteiger partial charge is 0.145 e. The van der Waals surface area contributed by atoms with E-state index in [-0.39, 0.29) is 11.7 Å². The van der Waals surface area contributed by atoms with E-state index in [4.69, 9.17) is 15.9 Å². The van der Waals surface area contributed by atoms with Gasteiger partial charge in [0, 0.05) is 6.07 Å². The molecule has 1 aromatic heterocycles. The van der Waals surface area contributed by atoms with Crippen molar-refractivity contribution in [3.05, 3.63) is 53.6 Å². The SMILES string of the molecule is Cc1ccc(Oc2ccc(C(=N)N)nc2)cc1F. The van der Waals surface area contributed by atoms with Gasteiger partial charge in [0.1, 0.15) is 28.8 Å². The Morgan fingerprint density at radius 2 is 2.00 bits per heavy atom. The maximum atomic E-state index is 13.3. The van der Waals surface area contributed by atoms with Gasteiger partial charge in [0.25, 0.3) is 0 Å². The Balaban J connectivity index is 2.18. The van der Waals surface area contributed by atoms with Gasteiger partial charge in [0.15, 0.2) is 0 Å². The van der Waals surface area contributed by atoms with Crippen molar-refractivity contribution in [2.45, 2.75) is 6.92 Å². The van der Waals surface area contributed by atoms with Crippen LogP contribution in [-0.4, -0.2) is 10.8 Å². The first-order valence-corrected chi connectivity index (χ1v) is 5.31. The first-order chi connectivity index (χ1) is 8.56. The zero-order chi connectivity index (χ0) is 13.1. The summed E-state index contributed by atoms with van der Waals surface area (Å²) in [6, 6.07) is 7.83. The van der Waals surface area contributed by atoms with Crippen molar-refractivity contribution < 1.29 is 9.13 Å². The highest BCUT2D eigenvalue weighted by molar-refractivity contribution is 5.92. The van der Waals surface area contributed by atoms with Crippen LogP contribution in [0.1, 0.15) is 11.3 Å². The number of nitrogens with zero attached hydrogens (tertiary/aromatic N) is 1. The van der Waals surface area contributed by atoms with Crippen molar-refractivity contribution in [2.24, 2.45) is 5.73 Å². The molecule has 0 saturated carbocycles. The molecule has 0 radical (unpaired) electrons. The van der Waals surface area contributed by atoms with E-state index in [0.29, 0.717) is 22.8 Å². The molecule has 0 saturated heterocycles. The summed E-state index contributed by atoms with van der Waals surface area (Å²) in [5.74, 6) is 0.433. The van der Waals surface area contributed by atoms with Crippen LogP contribution in [0.5, 0.6) is 11.5 Å². The van der Waals surface area contributed by atoms with Crippen molar-refractivity contribution in [1.82, 2.24) is 4.98 Å². The van der Waals surface area contributed by atoms with Crippen molar-refractivity contribution in [2.75, 3.05) is 0 Å². The van der Waals surface area contributed by atoms with Crippen molar-refractivity contribution in [3.8, 4) is 11.5 Å². The Bertz CT molecular complexity index is 581. The molecule has 92 valence electrons. The number of aromatic nitrogens is 1. The number of ether oxygens (including phenoxy) is 1. The Morgan fingerprint density at radius 1 is 1.28 bits per heavy atom. The Hall–Kier alpha value is -2.43. The van der Waals surface area contributed by atoms with Gasteiger partial charge in [-0.1, -0.05) is 6.07 Å². The van der Waals surface area contributed by atoms with Crippen LogP contribution in [-0.2, 0) is 0 Å². The number of aryl methyl sites for hydroxylation is 1. The van der Waals surface area contributed by atoms with E-state index in [2.05, 4.69) is 4.98 Å². The second kappa shape index (κ2) is 4.83. The van der Waals surface area contributed by atoms with E-state index in [0.717, 1.165) is 0 Å². The molecular formula is C13H12FN3O. The monoisotopic (exact) mass is 245 g/mol. The number of amidine groups is 1. The number of benzene rings is 1. The second-order valence-electron chi connectivity index (χ2n) is 3.81. The molecule has 0 aliphatic rings. The van der Waals surface area contributed by atoms with E-state index in [9.17, 15) is 4.39 Å². The van der Waals surface area contributed by atoms with E-state index in [1.165, 1.54) is 12.3 Å². The van der Waals surface area contributed by atoms with Crippen molar-refractivity contribution >= 4 is 5.84 Å². The van der Waals surface area contributed by atoms with Crippen LogP contribution in [0.2, 0.25) is 0 Å². The average Bonchev–Trinajstić information content (AvgIpc) is 2.34. The molecule has 5 heteroatoms. The highest BCUT2D eigenvalue weighted by Crippen LogP contribution is 2.22. The van der Waals surface area contributed by atoms with Crippen LogP contribution in [0.25, 0.3) is 0 Å². The van der Waals surface area contributed by atoms with Gasteiger partial charge in [0.2, 0.25) is 0 Å². The minimum Gasteiger partial charge on any atom is -0.456 e. The maximum Gasteiger partial charge on any atom is 0.145 e. The largest absolute Gasteiger partial charge is 0.456 e. The van der Waals surface area contributed by atoms with Crippen molar-refractivity contribution in [1.29, 1.82) is 5.41 Å². The first kappa shape index (κ1) is 12.0. The normalized spacial score (nSPS) is 10.1. The molecule has 0 amide bonds. The molecule has 0 aliphatic carbocycles. The van der Waals surface area contributed by atoms with Gasteiger partial charge in [-0.05, 0) is 30.7 Å². The first-order valence-electron chi connectivity index (χ1n) is 5.31. The van der Waals surface area contributed by atoms with Gasteiger partial charge in [0.05, 0.1) is 6.20 Å². The molecule has 0 aliphatic heterocycles. The number of nitrogens with two attached hydrogens (primary N) is 1. The number of hydrogen-bond donors (Lipinski definition) is 2. The van der Waals surface area contributed by atoms with E-state index in [1.807, 2.05) is 0 Å². The summed E-state index contributed by atoms with van der Waals surface area (Å²) in [7, 11) is 0. The van der Waals surface area contributed by atoms with E-state index >= 15 is 0 Å². The highest BCUT2D eigenvalue weighted by Gasteiger charge is 2.03. The summed E-state index contributed by atoms with van der Waals surface area (Å²) >= 11 is 0. The van der Waals surface area contributed by atoms with Gasteiger partial charge < -0.3 is 10.5 Å². The van der Waals surface area contributed by atoms with Gasteiger partial charge in [-0.15, -0.1) is 0 Å². The summed E-state index contributed by atoms with van der Waals surface area (Å²) in [5.41, 5.74) is 6.22. The quantitative estimate of drug-likeness (QED) is 0.645. The zero-order valence-corrected chi connectivity index (χ0v) is 9.77. The lowest BCUT2D eigenvalue weighted by atomic mass is 10.2. The van der Waals surface area contributed by atoms with Gasteiger partial charge >= 0.3 is 0 Å². The number of pyridine rings is 1. The molecule has 18 heavy (non-hydrogen) atoms. The number of nitrogen functional groups attached to an aromatic ring is 1. The average molecular weight is 245 g/mol. The fraction of sp³-hybridized carbons (Fsp3) is 0.0769. The zero-order valence-electron chi connectivity index (χ0n) is 9.77. The molecule has 0 atom stereocenters. The minimum absolute atomic E-state index is 0.108. The molecule has 1 heterocycles. The van der Waals surface area contributed by atoms with Crippen molar-refractivity contribution in [3.63, 3.8) is 0 Å². The third kappa shape index (κ3) is 2.63. The third-order valence-corrected chi connectivity index (χ3v) is 2.39. The lowest BCUT2D eigenvalue weighted by molar-refractivity contribution is 0.473. The Morgan fingerprint density at radius 3 is 2.56 bits per heavy atom. The summed E-state index contributed by atoms with van der Waals surface area (Å²) in [5, 5.41) is 7.20. The maximum absolute atomic E-state index is 13.3. The lowest BCUT2D eigenvalue weighted by Gasteiger charge is -2.06. The molecule has 1 aromatic carbocycles. The minimum atomic E-state index is -0.319. The standard InChI is InChI=1S/C13H12FN3O/c1-8-2-3-9(6-11(8)14)18-10-4-5-12(13(15)16)17-7-10/h2-7H,1H3,(H3,15,16). The summed E-state index contributed by atoms with van der Waals surface area (Å²) < 4.78 is 18.7. The Labute approximate surface area is 104 Å². The summed E-state index contributed by atoms with van der Waals surface area (Å²) in [6.45, 7) is 1.68. The molecule has 0 unspecified atom stereocenters. The van der Waals surface area contributed by atoms with Crippen LogP contribution in [0.15, 0.2) is 36.5 Å². The van der Waals surface area contributed by atoms with Crippen LogP contribution in [0, 0.1) is 18.2 Å². The third-order valence-electron chi connectivity index (χ3n) is 2.39. The molecule has 0 fully saturated rings. The number of hydrogen-bond acceptors (Lipinski definition) is 3. The van der Waals surface area contributed by atoms with Crippen LogP contribution in [0.3, 0.4) is 0 Å². The lowest BCUT2D eigenvalue weighted by Crippen LogP contribution is -2.12. The highest BCUT2D eigenvalue weighted by atomic mass is 19.1. The topological polar surface area (TPSA) is 72.0 Å². The van der Waals surface area contributed by atoms with E-state index < -0.39 is 0 Å². The predicted molar refractivity (Wildman–Crippen MR) is 66.5 cm³/mol.